The number of hydrogen-bond acceptors (Lipinski definition) is 3. The monoisotopic (exact) mass is 223 g/mol. The molecule has 0 spiro atoms. The molecule has 2 aliphatic rings. The van der Waals surface area contributed by atoms with Gasteiger partial charge in [-0.25, -0.2) is 0 Å². The molecule has 0 bridgehead atoms. The summed E-state index contributed by atoms with van der Waals surface area (Å²) < 4.78 is 0. The maximum absolute atomic E-state index is 8.21. The zero-order valence-electron chi connectivity index (χ0n) is 9.88. The Labute approximate surface area is 97.0 Å². The van der Waals surface area contributed by atoms with Crippen LogP contribution in [0.3, 0.4) is 0 Å². The molecule has 2 saturated heterocycles. The summed E-state index contributed by atoms with van der Waals surface area (Å²) in [7, 11) is 0. The first kappa shape index (κ1) is 11.7. The van der Waals surface area contributed by atoms with Crippen molar-refractivity contribution >= 4 is 0 Å². The largest absolute Gasteiger partial charge is 0.303 e. The van der Waals surface area contributed by atoms with E-state index in [2.05, 4.69) is 19.8 Å². The quantitative estimate of drug-likeness (QED) is 0.415. The van der Waals surface area contributed by atoms with Crippen molar-refractivity contribution in [3.8, 4) is 0 Å². The molecule has 0 aromatic carbocycles. The number of nitrogens with zero attached hydrogens (tertiary/aromatic N) is 5. The second-order valence-electron chi connectivity index (χ2n) is 4.77. The van der Waals surface area contributed by atoms with E-state index in [4.69, 9.17) is 5.53 Å². The van der Waals surface area contributed by atoms with Gasteiger partial charge in [0.25, 0.3) is 0 Å². The van der Waals surface area contributed by atoms with Gasteiger partial charge in [0.2, 0.25) is 0 Å². The minimum absolute atomic E-state index is 0.616. The van der Waals surface area contributed by atoms with E-state index in [0.29, 0.717) is 6.54 Å². The van der Waals surface area contributed by atoms with E-state index < -0.39 is 0 Å². The van der Waals surface area contributed by atoms with Crippen molar-refractivity contribution in [1.82, 2.24) is 9.80 Å². The summed E-state index contributed by atoms with van der Waals surface area (Å²) in [6, 6.07) is 0.818. The lowest BCUT2D eigenvalue weighted by atomic mass is 10.0. The van der Waals surface area contributed by atoms with Gasteiger partial charge in [-0.2, -0.15) is 0 Å². The Hall–Kier alpha value is -0.770. The molecule has 0 aliphatic carbocycles. The van der Waals surface area contributed by atoms with Crippen LogP contribution in [0, 0.1) is 0 Å². The van der Waals surface area contributed by atoms with E-state index in [9.17, 15) is 0 Å². The van der Waals surface area contributed by atoms with Crippen molar-refractivity contribution in [3.63, 3.8) is 0 Å². The maximum Gasteiger partial charge on any atom is 0.0385 e. The van der Waals surface area contributed by atoms with Gasteiger partial charge in [-0.05, 0) is 57.4 Å². The fourth-order valence-electron chi connectivity index (χ4n) is 2.85. The van der Waals surface area contributed by atoms with Crippen LogP contribution in [0.25, 0.3) is 10.4 Å². The van der Waals surface area contributed by atoms with Crippen molar-refractivity contribution in [2.45, 2.75) is 31.7 Å². The average molecular weight is 223 g/mol. The molecule has 0 saturated carbocycles. The Kier molecular flexibility index (Phi) is 4.45. The molecule has 0 radical (unpaired) electrons. The number of piperidine rings is 1. The van der Waals surface area contributed by atoms with Crippen LogP contribution in [0.4, 0.5) is 0 Å². The highest BCUT2D eigenvalue weighted by molar-refractivity contribution is 4.82. The van der Waals surface area contributed by atoms with Crippen LogP contribution in [0.1, 0.15) is 25.7 Å². The van der Waals surface area contributed by atoms with Crippen LogP contribution in [0.2, 0.25) is 0 Å². The topological polar surface area (TPSA) is 55.2 Å². The minimum Gasteiger partial charge on any atom is -0.303 e. The van der Waals surface area contributed by atoms with Gasteiger partial charge in [-0.15, -0.1) is 0 Å². The number of hydrogen-bond donors (Lipinski definition) is 0. The molecule has 2 fully saturated rings. The van der Waals surface area contributed by atoms with Gasteiger partial charge in [-0.1, -0.05) is 5.11 Å². The molecule has 5 nitrogen and oxygen atoms in total. The molecule has 2 rings (SSSR count). The fraction of sp³-hybridized carbons (Fsp3) is 1.00. The summed E-state index contributed by atoms with van der Waals surface area (Å²) in [5.74, 6) is 0. The molecule has 0 aromatic heterocycles. The minimum atomic E-state index is 0.616. The van der Waals surface area contributed by atoms with E-state index in [-0.39, 0.29) is 0 Å². The number of azide groups is 1. The molecule has 0 atom stereocenters. The molecular weight excluding hydrogens is 202 g/mol. The van der Waals surface area contributed by atoms with Crippen LogP contribution in [-0.2, 0) is 0 Å². The summed E-state index contributed by atoms with van der Waals surface area (Å²) in [5.41, 5.74) is 8.21. The van der Waals surface area contributed by atoms with E-state index >= 15 is 0 Å². The Morgan fingerprint density at radius 2 is 1.81 bits per heavy atom. The lowest BCUT2D eigenvalue weighted by molar-refractivity contribution is 0.129. The third-order valence-electron chi connectivity index (χ3n) is 3.79. The Morgan fingerprint density at radius 1 is 1.12 bits per heavy atom. The van der Waals surface area contributed by atoms with E-state index in [1.54, 1.807) is 0 Å². The Bertz CT molecular complexity index is 247. The van der Waals surface area contributed by atoms with Crippen molar-refractivity contribution in [1.29, 1.82) is 0 Å². The molecule has 5 heteroatoms. The predicted octanol–water partition coefficient (Wildman–Crippen LogP) is 1.86. The maximum atomic E-state index is 8.21. The van der Waals surface area contributed by atoms with Gasteiger partial charge in [0.1, 0.15) is 0 Å². The van der Waals surface area contributed by atoms with Crippen LogP contribution in [-0.4, -0.2) is 55.1 Å². The van der Waals surface area contributed by atoms with E-state index in [1.165, 1.54) is 51.9 Å². The first-order valence-corrected chi connectivity index (χ1v) is 6.37. The molecule has 2 heterocycles. The molecule has 0 amide bonds. The van der Waals surface area contributed by atoms with Gasteiger partial charge in [0, 0.05) is 24.0 Å². The van der Waals surface area contributed by atoms with Crippen LogP contribution in [0.5, 0.6) is 0 Å². The van der Waals surface area contributed by atoms with Crippen molar-refractivity contribution < 1.29 is 0 Å². The fourth-order valence-corrected chi connectivity index (χ4v) is 2.85. The average Bonchev–Trinajstić information content (AvgIpc) is 2.84. The SMILES string of the molecule is [N-]=[N+]=NCCN1CCC(N2CCCC2)CC1. The summed E-state index contributed by atoms with van der Waals surface area (Å²) in [5, 5.41) is 3.59. The second kappa shape index (κ2) is 6.09. The van der Waals surface area contributed by atoms with Crippen LogP contribution >= 0.6 is 0 Å². The zero-order valence-corrected chi connectivity index (χ0v) is 9.88. The standard InChI is InChI=1S/C11H21N5/c12-14-13-5-10-15-8-3-11(4-9-15)16-6-1-2-7-16/h11H,1-10H2. The molecule has 16 heavy (non-hydrogen) atoms. The molecule has 2 aliphatic heterocycles. The smallest absolute Gasteiger partial charge is 0.0385 e. The summed E-state index contributed by atoms with van der Waals surface area (Å²) in [6.07, 6.45) is 5.35. The van der Waals surface area contributed by atoms with E-state index in [1.807, 2.05) is 0 Å². The van der Waals surface area contributed by atoms with Crippen molar-refractivity contribution in [2.24, 2.45) is 5.11 Å². The van der Waals surface area contributed by atoms with Gasteiger partial charge < -0.3 is 9.80 Å². The molecule has 0 unspecified atom stereocenters. The number of rotatable bonds is 4. The normalized spacial score (nSPS) is 24.5. The van der Waals surface area contributed by atoms with Crippen LogP contribution < -0.4 is 0 Å². The summed E-state index contributed by atoms with van der Waals surface area (Å²) in [4.78, 5) is 7.86. The van der Waals surface area contributed by atoms with Gasteiger partial charge >= 0.3 is 0 Å². The van der Waals surface area contributed by atoms with Crippen molar-refractivity contribution in [2.75, 3.05) is 39.3 Å². The lowest BCUT2D eigenvalue weighted by Crippen LogP contribution is -2.44. The highest BCUT2D eigenvalue weighted by atomic mass is 15.2. The molecular formula is C11H21N5. The molecule has 0 N–H and O–H groups in total. The molecule has 90 valence electrons. The number of likely N-dealkylation sites (tertiary alicyclic amines) is 2. The summed E-state index contributed by atoms with van der Waals surface area (Å²) >= 11 is 0. The van der Waals surface area contributed by atoms with Crippen LogP contribution in [0.15, 0.2) is 5.11 Å². The van der Waals surface area contributed by atoms with Gasteiger partial charge in [0.15, 0.2) is 0 Å². The van der Waals surface area contributed by atoms with Gasteiger partial charge in [0.05, 0.1) is 0 Å². The lowest BCUT2D eigenvalue weighted by Gasteiger charge is -2.36. The highest BCUT2D eigenvalue weighted by Crippen LogP contribution is 2.20. The Morgan fingerprint density at radius 3 is 2.44 bits per heavy atom. The first-order chi connectivity index (χ1) is 7.90. The predicted molar refractivity (Wildman–Crippen MR) is 64.3 cm³/mol. The van der Waals surface area contributed by atoms with E-state index in [0.717, 1.165) is 12.6 Å². The molecule has 0 aromatic rings. The first-order valence-electron chi connectivity index (χ1n) is 6.37. The Balaban J connectivity index is 1.67. The third-order valence-corrected chi connectivity index (χ3v) is 3.79. The summed E-state index contributed by atoms with van der Waals surface area (Å²) in [6.45, 7) is 6.50. The highest BCUT2D eigenvalue weighted by Gasteiger charge is 2.25. The third kappa shape index (κ3) is 3.11. The zero-order chi connectivity index (χ0) is 11.2. The van der Waals surface area contributed by atoms with Crippen molar-refractivity contribution in [3.05, 3.63) is 10.4 Å². The van der Waals surface area contributed by atoms with Gasteiger partial charge in [-0.3, -0.25) is 0 Å². The second-order valence-corrected chi connectivity index (χ2v) is 4.77.